The lowest BCUT2D eigenvalue weighted by atomic mass is 10.3. The Morgan fingerprint density at radius 3 is 2.68 bits per heavy atom. The van der Waals surface area contributed by atoms with Crippen LogP contribution in [0.2, 0.25) is 0 Å². The maximum Gasteiger partial charge on any atom is 0.280 e. The predicted octanol–water partition coefficient (Wildman–Crippen LogP) is 3.35. The SMILES string of the molecule is CCOc1ccccc1OCCCC(=O)Nn1cnc2sc(CC)cc2c1=O. The number of ether oxygens (including phenoxy) is 2. The average Bonchev–Trinajstić information content (AvgIpc) is 3.13. The van der Waals surface area contributed by atoms with Crippen molar-refractivity contribution in [2.24, 2.45) is 0 Å². The van der Waals surface area contributed by atoms with Crippen LogP contribution in [0.4, 0.5) is 0 Å². The van der Waals surface area contributed by atoms with Gasteiger partial charge in [0.1, 0.15) is 11.2 Å². The smallest absolute Gasteiger partial charge is 0.280 e. The molecule has 0 saturated heterocycles. The molecule has 0 fully saturated rings. The molecule has 0 aliphatic carbocycles. The Bertz CT molecular complexity index is 1010. The highest BCUT2D eigenvalue weighted by Crippen LogP contribution is 2.26. The van der Waals surface area contributed by atoms with E-state index < -0.39 is 0 Å². The topological polar surface area (TPSA) is 82.4 Å². The van der Waals surface area contributed by atoms with Crippen LogP contribution in [0, 0.1) is 0 Å². The summed E-state index contributed by atoms with van der Waals surface area (Å²) < 4.78 is 12.3. The van der Waals surface area contributed by atoms with Crippen molar-refractivity contribution in [3.63, 3.8) is 0 Å². The fourth-order valence-corrected chi connectivity index (χ4v) is 3.60. The predicted molar refractivity (Wildman–Crippen MR) is 110 cm³/mol. The quantitative estimate of drug-likeness (QED) is 0.556. The van der Waals surface area contributed by atoms with E-state index in [2.05, 4.69) is 10.4 Å². The Kier molecular flexibility index (Phi) is 6.65. The van der Waals surface area contributed by atoms with Gasteiger partial charge in [0, 0.05) is 11.3 Å². The van der Waals surface area contributed by atoms with Gasteiger partial charge in [-0.3, -0.25) is 15.0 Å². The van der Waals surface area contributed by atoms with Gasteiger partial charge in [0.05, 0.1) is 18.6 Å². The molecule has 0 unspecified atom stereocenters. The zero-order valence-electron chi connectivity index (χ0n) is 15.9. The zero-order chi connectivity index (χ0) is 19.9. The van der Waals surface area contributed by atoms with Crippen molar-refractivity contribution >= 4 is 27.5 Å². The minimum atomic E-state index is -0.268. The monoisotopic (exact) mass is 401 g/mol. The lowest BCUT2D eigenvalue weighted by Gasteiger charge is -2.11. The van der Waals surface area contributed by atoms with E-state index in [1.165, 1.54) is 17.7 Å². The number of rotatable bonds is 9. The van der Waals surface area contributed by atoms with Gasteiger partial charge in [-0.05, 0) is 38.0 Å². The van der Waals surface area contributed by atoms with Gasteiger partial charge in [-0.2, -0.15) is 0 Å². The van der Waals surface area contributed by atoms with Crippen LogP contribution < -0.4 is 20.5 Å². The van der Waals surface area contributed by atoms with E-state index >= 15 is 0 Å². The van der Waals surface area contributed by atoms with Crippen LogP contribution in [0.3, 0.4) is 0 Å². The molecule has 1 N–H and O–H groups in total. The molecule has 8 heteroatoms. The molecule has 0 bridgehead atoms. The maximum absolute atomic E-state index is 12.5. The van der Waals surface area contributed by atoms with Crippen molar-refractivity contribution in [3.8, 4) is 11.5 Å². The number of amides is 1. The second-order valence-electron chi connectivity index (χ2n) is 6.07. The number of hydrogen-bond acceptors (Lipinski definition) is 6. The Morgan fingerprint density at radius 2 is 1.96 bits per heavy atom. The number of hydrogen-bond donors (Lipinski definition) is 1. The Labute approximate surface area is 166 Å². The largest absolute Gasteiger partial charge is 0.490 e. The first-order chi connectivity index (χ1) is 13.6. The number of carbonyl (C=O) groups is 1. The van der Waals surface area contributed by atoms with E-state index in [1.807, 2.05) is 44.2 Å². The standard InChI is InChI=1S/C20H23N3O4S/c1-3-14-12-15-19(28-14)21-13-23(20(15)25)22-18(24)10-7-11-27-17-9-6-5-8-16(17)26-4-2/h5-6,8-9,12-13H,3-4,7,10-11H2,1-2H3,(H,22,24). The third kappa shape index (κ3) is 4.69. The third-order valence-electron chi connectivity index (χ3n) is 4.05. The van der Waals surface area contributed by atoms with Gasteiger partial charge in [0.15, 0.2) is 11.5 Å². The molecular weight excluding hydrogens is 378 g/mol. The number of aryl methyl sites for hydroxylation is 1. The second kappa shape index (κ2) is 9.36. The summed E-state index contributed by atoms with van der Waals surface area (Å²) in [5.41, 5.74) is 2.32. The first-order valence-electron chi connectivity index (χ1n) is 9.27. The molecule has 148 valence electrons. The van der Waals surface area contributed by atoms with Gasteiger partial charge in [-0.15, -0.1) is 11.3 Å². The first kappa shape index (κ1) is 19.9. The summed E-state index contributed by atoms with van der Waals surface area (Å²) in [5.74, 6) is 1.07. The maximum atomic E-state index is 12.5. The number of para-hydroxylation sites is 2. The molecule has 3 rings (SSSR count). The van der Waals surface area contributed by atoms with Crippen molar-refractivity contribution in [1.29, 1.82) is 0 Å². The van der Waals surface area contributed by atoms with Crippen LogP contribution in [0.15, 0.2) is 41.5 Å². The molecule has 0 saturated carbocycles. The summed E-state index contributed by atoms with van der Waals surface area (Å²) in [7, 11) is 0. The van der Waals surface area contributed by atoms with Crippen molar-refractivity contribution < 1.29 is 14.3 Å². The van der Waals surface area contributed by atoms with Gasteiger partial charge in [-0.25, -0.2) is 9.66 Å². The highest BCUT2D eigenvalue weighted by molar-refractivity contribution is 7.18. The fourth-order valence-electron chi connectivity index (χ4n) is 2.68. The highest BCUT2D eigenvalue weighted by atomic mass is 32.1. The molecule has 0 spiro atoms. The Morgan fingerprint density at radius 1 is 1.21 bits per heavy atom. The number of aromatic nitrogens is 2. The summed E-state index contributed by atoms with van der Waals surface area (Å²) in [5, 5.41) is 0.528. The first-order valence-corrected chi connectivity index (χ1v) is 10.1. The van der Waals surface area contributed by atoms with Gasteiger partial charge in [0.25, 0.3) is 5.56 Å². The lowest BCUT2D eigenvalue weighted by molar-refractivity contribution is -0.117. The zero-order valence-corrected chi connectivity index (χ0v) is 16.8. The molecule has 7 nitrogen and oxygen atoms in total. The van der Waals surface area contributed by atoms with Crippen LogP contribution in [-0.4, -0.2) is 28.8 Å². The van der Waals surface area contributed by atoms with E-state index in [-0.39, 0.29) is 17.9 Å². The number of fused-ring (bicyclic) bond motifs is 1. The van der Waals surface area contributed by atoms with Gasteiger partial charge < -0.3 is 9.47 Å². The van der Waals surface area contributed by atoms with E-state index in [4.69, 9.17) is 9.47 Å². The summed E-state index contributed by atoms with van der Waals surface area (Å²) >= 11 is 1.49. The Hall–Kier alpha value is -2.87. The average molecular weight is 401 g/mol. The molecule has 2 aromatic heterocycles. The second-order valence-corrected chi connectivity index (χ2v) is 7.19. The molecule has 0 atom stereocenters. The van der Waals surface area contributed by atoms with Crippen LogP contribution >= 0.6 is 11.3 Å². The highest BCUT2D eigenvalue weighted by Gasteiger charge is 2.10. The van der Waals surface area contributed by atoms with Crippen LogP contribution in [0.1, 0.15) is 31.6 Å². The van der Waals surface area contributed by atoms with Crippen LogP contribution in [-0.2, 0) is 11.2 Å². The summed E-state index contributed by atoms with van der Waals surface area (Å²) in [6, 6.07) is 9.26. The van der Waals surface area contributed by atoms with E-state index in [1.54, 1.807) is 0 Å². The van der Waals surface area contributed by atoms with E-state index in [0.717, 1.165) is 16.0 Å². The van der Waals surface area contributed by atoms with Crippen LogP contribution in [0.25, 0.3) is 10.2 Å². The lowest BCUT2D eigenvalue weighted by Crippen LogP contribution is -2.33. The number of thiophene rings is 1. The summed E-state index contributed by atoms with van der Waals surface area (Å²) in [6.07, 6.45) is 2.94. The molecule has 2 heterocycles. The number of nitrogens with one attached hydrogen (secondary N) is 1. The molecule has 1 amide bonds. The van der Waals surface area contributed by atoms with Crippen molar-refractivity contribution in [2.45, 2.75) is 33.1 Å². The van der Waals surface area contributed by atoms with Crippen molar-refractivity contribution in [2.75, 3.05) is 18.6 Å². The molecule has 0 aliphatic heterocycles. The minimum absolute atomic E-state index is 0.227. The summed E-state index contributed by atoms with van der Waals surface area (Å²) in [6.45, 7) is 4.86. The van der Waals surface area contributed by atoms with E-state index in [9.17, 15) is 9.59 Å². The minimum Gasteiger partial charge on any atom is -0.490 e. The van der Waals surface area contributed by atoms with E-state index in [0.29, 0.717) is 41.4 Å². The molecule has 1 aromatic carbocycles. The molecule has 0 radical (unpaired) electrons. The van der Waals surface area contributed by atoms with Crippen LogP contribution in [0.5, 0.6) is 11.5 Å². The van der Waals surface area contributed by atoms with Gasteiger partial charge >= 0.3 is 0 Å². The molecule has 28 heavy (non-hydrogen) atoms. The number of carbonyl (C=O) groups excluding carboxylic acids is 1. The van der Waals surface area contributed by atoms with Crippen molar-refractivity contribution in [1.82, 2.24) is 9.66 Å². The number of nitrogens with zero attached hydrogens (tertiary/aromatic N) is 2. The summed E-state index contributed by atoms with van der Waals surface area (Å²) in [4.78, 5) is 30.7. The molecular formula is C20H23N3O4S. The molecule has 0 aliphatic rings. The molecule has 3 aromatic rings. The normalized spacial score (nSPS) is 10.8. The number of benzene rings is 1. The Balaban J connectivity index is 1.53. The van der Waals surface area contributed by atoms with Crippen molar-refractivity contribution in [3.05, 3.63) is 51.9 Å². The fraction of sp³-hybridized carbons (Fsp3) is 0.350. The third-order valence-corrected chi connectivity index (χ3v) is 5.24. The van der Waals surface area contributed by atoms with Gasteiger partial charge in [-0.1, -0.05) is 19.1 Å². The van der Waals surface area contributed by atoms with Gasteiger partial charge in [0.2, 0.25) is 5.91 Å².